The molecule has 0 radical (unpaired) electrons. The summed E-state index contributed by atoms with van der Waals surface area (Å²) >= 11 is 3.39. The van der Waals surface area contributed by atoms with Crippen molar-refractivity contribution in [1.82, 2.24) is 14.9 Å². The first-order valence-electron chi connectivity index (χ1n) is 9.50. The number of hydrogen-bond donors (Lipinski definition) is 2. The van der Waals surface area contributed by atoms with E-state index in [9.17, 15) is 9.59 Å². The van der Waals surface area contributed by atoms with Gasteiger partial charge in [-0.1, -0.05) is 22.0 Å². The van der Waals surface area contributed by atoms with Crippen LogP contribution in [0, 0.1) is 0 Å². The van der Waals surface area contributed by atoms with Crippen molar-refractivity contribution in [3.8, 4) is 0 Å². The summed E-state index contributed by atoms with van der Waals surface area (Å²) in [6, 6.07) is 7.43. The second-order valence-electron chi connectivity index (χ2n) is 7.84. The number of nitrogens with zero attached hydrogens (tertiary/aromatic N) is 3. The highest BCUT2D eigenvalue weighted by Crippen LogP contribution is 2.20. The minimum absolute atomic E-state index is 0.201. The van der Waals surface area contributed by atoms with E-state index in [-0.39, 0.29) is 11.7 Å². The number of nitrogens with one attached hydrogen (secondary N) is 2. The molecule has 0 spiro atoms. The maximum atomic E-state index is 12.2. The lowest BCUT2D eigenvalue weighted by molar-refractivity contribution is 0.0240. The number of pyridine rings is 2. The number of ether oxygens (including phenoxy) is 1. The minimum Gasteiger partial charge on any atom is -0.444 e. The molecule has 0 saturated carbocycles. The van der Waals surface area contributed by atoms with Gasteiger partial charge < -0.3 is 24.8 Å². The predicted octanol–water partition coefficient (Wildman–Crippen LogP) is 3.47. The molecule has 0 aliphatic carbocycles. The van der Waals surface area contributed by atoms with Crippen molar-refractivity contribution < 1.29 is 9.53 Å². The molecule has 156 valence electrons. The highest BCUT2D eigenvalue weighted by molar-refractivity contribution is 9.08. The molecule has 2 N–H and O–H groups in total. The maximum absolute atomic E-state index is 12.2. The van der Waals surface area contributed by atoms with Gasteiger partial charge in [-0.05, 0) is 44.5 Å². The molecule has 1 aliphatic rings. The maximum Gasteiger partial charge on any atom is 0.410 e. The van der Waals surface area contributed by atoms with E-state index in [2.05, 4.69) is 36.1 Å². The SMILES string of the molecule is CC(C)(C)OC(=O)N1CCN(c2cccc(Nc3cc(CBr)c[nH]c3=O)n2)CC1. The van der Waals surface area contributed by atoms with Gasteiger partial charge in [0.15, 0.2) is 0 Å². The van der Waals surface area contributed by atoms with E-state index < -0.39 is 5.60 Å². The number of aromatic nitrogens is 2. The summed E-state index contributed by atoms with van der Waals surface area (Å²) < 4.78 is 5.44. The number of carbonyl (C=O) groups excluding carboxylic acids is 1. The van der Waals surface area contributed by atoms with Gasteiger partial charge in [-0.25, -0.2) is 9.78 Å². The third-order valence-electron chi connectivity index (χ3n) is 4.37. The number of amides is 1. The van der Waals surface area contributed by atoms with Gasteiger partial charge >= 0.3 is 6.09 Å². The fraction of sp³-hybridized carbons (Fsp3) is 0.450. The van der Waals surface area contributed by atoms with Crippen molar-refractivity contribution in [1.29, 1.82) is 0 Å². The van der Waals surface area contributed by atoms with Gasteiger partial charge in [0.2, 0.25) is 0 Å². The summed E-state index contributed by atoms with van der Waals surface area (Å²) in [6.07, 6.45) is 1.39. The number of H-pyrrole nitrogens is 1. The fourth-order valence-corrected chi connectivity index (χ4v) is 3.27. The Bertz CT molecular complexity index is 917. The highest BCUT2D eigenvalue weighted by atomic mass is 79.9. The van der Waals surface area contributed by atoms with Crippen LogP contribution in [0.25, 0.3) is 0 Å². The smallest absolute Gasteiger partial charge is 0.410 e. The summed E-state index contributed by atoms with van der Waals surface area (Å²) in [4.78, 5) is 35.5. The summed E-state index contributed by atoms with van der Waals surface area (Å²) in [5.41, 5.74) is 0.704. The first-order valence-corrected chi connectivity index (χ1v) is 10.6. The van der Waals surface area contributed by atoms with Gasteiger partial charge in [-0.2, -0.15) is 0 Å². The van der Waals surface area contributed by atoms with Crippen LogP contribution in [0.15, 0.2) is 35.3 Å². The lowest BCUT2D eigenvalue weighted by Gasteiger charge is -2.36. The van der Waals surface area contributed by atoms with Gasteiger partial charge in [0.05, 0.1) is 0 Å². The number of piperazine rings is 1. The van der Waals surface area contributed by atoms with Gasteiger partial charge in [0.1, 0.15) is 22.9 Å². The van der Waals surface area contributed by atoms with Crippen molar-refractivity contribution >= 4 is 39.3 Å². The van der Waals surface area contributed by atoms with Crippen LogP contribution in [0.5, 0.6) is 0 Å². The molecule has 3 heterocycles. The third kappa shape index (κ3) is 5.72. The molecular formula is C20H26BrN5O3. The van der Waals surface area contributed by atoms with E-state index in [0.717, 1.165) is 11.4 Å². The molecule has 2 aromatic heterocycles. The zero-order valence-electron chi connectivity index (χ0n) is 16.9. The number of hydrogen-bond acceptors (Lipinski definition) is 6. The van der Waals surface area contributed by atoms with Crippen LogP contribution >= 0.6 is 15.9 Å². The number of rotatable bonds is 4. The van der Waals surface area contributed by atoms with Crippen LogP contribution in [-0.4, -0.2) is 52.7 Å². The highest BCUT2D eigenvalue weighted by Gasteiger charge is 2.26. The summed E-state index contributed by atoms with van der Waals surface area (Å²) in [5.74, 6) is 1.39. The molecule has 0 unspecified atom stereocenters. The van der Waals surface area contributed by atoms with E-state index in [0.29, 0.717) is 43.0 Å². The topological polar surface area (TPSA) is 90.6 Å². The normalized spacial score (nSPS) is 14.6. The fourth-order valence-electron chi connectivity index (χ4n) is 2.95. The number of aromatic amines is 1. The predicted molar refractivity (Wildman–Crippen MR) is 117 cm³/mol. The number of anilines is 3. The van der Waals surface area contributed by atoms with Crippen molar-refractivity contribution in [3.63, 3.8) is 0 Å². The Morgan fingerprint density at radius 3 is 2.66 bits per heavy atom. The Kier molecular flexibility index (Phi) is 6.46. The number of halogens is 1. The van der Waals surface area contributed by atoms with Gasteiger partial charge in [-0.3, -0.25) is 4.79 Å². The molecule has 8 nitrogen and oxygen atoms in total. The summed E-state index contributed by atoms with van der Waals surface area (Å²) in [5, 5.41) is 3.74. The monoisotopic (exact) mass is 463 g/mol. The molecule has 0 bridgehead atoms. The van der Waals surface area contributed by atoms with Crippen LogP contribution in [0.3, 0.4) is 0 Å². The quantitative estimate of drug-likeness (QED) is 0.674. The molecule has 0 aromatic carbocycles. The lowest BCUT2D eigenvalue weighted by atomic mass is 10.2. The first kappa shape index (κ1) is 21.2. The Morgan fingerprint density at radius 1 is 1.28 bits per heavy atom. The second-order valence-corrected chi connectivity index (χ2v) is 8.41. The molecule has 2 aromatic rings. The molecule has 1 amide bonds. The van der Waals surface area contributed by atoms with Crippen LogP contribution in [0.2, 0.25) is 0 Å². The van der Waals surface area contributed by atoms with Crippen LogP contribution < -0.4 is 15.8 Å². The molecule has 1 aliphatic heterocycles. The molecular weight excluding hydrogens is 438 g/mol. The Balaban J connectivity index is 1.65. The zero-order chi connectivity index (χ0) is 21.0. The van der Waals surface area contributed by atoms with Crippen molar-refractivity contribution in [2.75, 3.05) is 36.4 Å². The van der Waals surface area contributed by atoms with E-state index in [1.807, 2.05) is 39.0 Å². The lowest BCUT2D eigenvalue weighted by Crippen LogP contribution is -2.50. The average Bonchev–Trinajstić information content (AvgIpc) is 2.69. The molecule has 3 rings (SSSR count). The molecule has 1 saturated heterocycles. The summed E-state index contributed by atoms with van der Waals surface area (Å²) in [6.45, 7) is 8.06. The first-order chi connectivity index (χ1) is 13.7. The third-order valence-corrected chi connectivity index (χ3v) is 5.02. The van der Waals surface area contributed by atoms with E-state index in [1.165, 1.54) is 0 Å². The van der Waals surface area contributed by atoms with Gasteiger partial charge in [0, 0.05) is 37.7 Å². The van der Waals surface area contributed by atoms with Gasteiger partial charge in [0.25, 0.3) is 5.56 Å². The van der Waals surface area contributed by atoms with Crippen molar-refractivity contribution in [2.24, 2.45) is 0 Å². The Hall–Kier alpha value is -2.55. The minimum atomic E-state index is -0.500. The zero-order valence-corrected chi connectivity index (χ0v) is 18.5. The standard InChI is InChI=1S/C20H26BrN5O3/c1-20(2,3)29-19(28)26-9-7-25(8-10-26)17-6-4-5-16(24-17)23-15-11-14(12-21)13-22-18(15)27/h4-6,11,13H,7-10,12H2,1-3H3,(H,22,27)(H,23,24). The van der Waals surface area contributed by atoms with Crippen LogP contribution in [0.1, 0.15) is 26.3 Å². The largest absolute Gasteiger partial charge is 0.444 e. The Morgan fingerprint density at radius 2 is 2.00 bits per heavy atom. The van der Waals surface area contributed by atoms with Crippen LogP contribution in [-0.2, 0) is 10.1 Å². The number of carbonyl (C=O) groups is 1. The summed E-state index contributed by atoms with van der Waals surface area (Å²) in [7, 11) is 0. The molecule has 9 heteroatoms. The molecule has 1 fully saturated rings. The molecule has 0 atom stereocenters. The van der Waals surface area contributed by atoms with Crippen molar-refractivity contribution in [2.45, 2.75) is 31.7 Å². The van der Waals surface area contributed by atoms with Crippen molar-refractivity contribution in [3.05, 3.63) is 46.4 Å². The average molecular weight is 464 g/mol. The van der Waals surface area contributed by atoms with E-state index >= 15 is 0 Å². The van der Waals surface area contributed by atoms with Gasteiger partial charge in [-0.15, -0.1) is 0 Å². The molecule has 29 heavy (non-hydrogen) atoms. The number of alkyl halides is 1. The second kappa shape index (κ2) is 8.86. The van der Waals surface area contributed by atoms with E-state index in [4.69, 9.17) is 4.74 Å². The van der Waals surface area contributed by atoms with E-state index in [1.54, 1.807) is 17.2 Å². The Labute approximate surface area is 178 Å². The van der Waals surface area contributed by atoms with Crippen LogP contribution in [0.4, 0.5) is 22.1 Å².